The third kappa shape index (κ3) is 11.7. The Balaban J connectivity index is 5.82. The molecule has 0 spiro atoms. The zero-order chi connectivity index (χ0) is 26.0. The van der Waals surface area contributed by atoms with Gasteiger partial charge in [-0.05, 0) is 39.9 Å². The molecule has 0 saturated carbocycles. The van der Waals surface area contributed by atoms with E-state index in [0.29, 0.717) is 25.8 Å². The van der Waals surface area contributed by atoms with E-state index >= 15 is 0 Å². The van der Waals surface area contributed by atoms with Crippen LogP contribution in [0.15, 0.2) is 0 Å². The Bertz CT molecular complexity index is 581. The number of carboxylic acids is 2. The number of carboxylic acid groups (broad SMARTS) is 2. The molecule has 0 rings (SSSR count). The Morgan fingerprint density at radius 2 is 1.24 bits per heavy atom. The normalized spacial score (nSPS) is 14.1. The smallest absolute Gasteiger partial charge is 0.330 e. The van der Waals surface area contributed by atoms with Gasteiger partial charge < -0.3 is 20.0 Å². The van der Waals surface area contributed by atoms with Gasteiger partial charge in [-0.25, -0.2) is 4.79 Å². The maximum absolute atomic E-state index is 12.9. The molecule has 0 aliphatic carbocycles. The average molecular weight is 485 g/mol. The lowest BCUT2D eigenvalue weighted by Gasteiger charge is -2.44. The first-order valence-electron chi connectivity index (χ1n) is 13.5. The van der Waals surface area contributed by atoms with Gasteiger partial charge in [0, 0.05) is 13.5 Å². The van der Waals surface area contributed by atoms with E-state index in [0.717, 1.165) is 64.2 Å². The van der Waals surface area contributed by atoms with Gasteiger partial charge in [0.05, 0.1) is 5.92 Å². The van der Waals surface area contributed by atoms with Gasteiger partial charge in [-0.15, -0.1) is 0 Å². The zero-order valence-corrected chi connectivity index (χ0v) is 22.6. The van der Waals surface area contributed by atoms with Gasteiger partial charge in [0.25, 0.3) is 0 Å². The van der Waals surface area contributed by atoms with E-state index in [1.165, 1.54) is 11.8 Å². The molecule has 0 fully saturated rings. The topological polar surface area (TPSA) is 98.1 Å². The zero-order valence-electron chi connectivity index (χ0n) is 22.6. The highest BCUT2D eigenvalue weighted by Gasteiger charge is 2.54. The fraction of sp³-hybridized carbons (Fsp3) is 0.889. The van der Waals surface area contributed by atoms with E-state index in [4.69, 9.17) is 0 Å². The average Bonchev–Trinajstić information content (AvgIpc) is 2.76. The molecule has 34 heavy (non-hydrogen) atoms. The van der Waals surface area contributed by atoms with Crippen molar-refractivity contribution >= 4 is 17.8 Å². The number of nitrogens with zero attached hydrogens (tertiary/aromatic N) is 2. The molecule has 0 aliphatic heterocycles. The van der Waals surface area contributed by atoms with Crippen molar-refractivity contribution in [1.82, 2.24) is 9.80 Å². The molecule has 0 aromatic heterocycles. The van der Waals surface area contributed by atoms with E-state index in [1.54, 1.807) is 0 Å². The number of unbranched alkanes of at least 4 members (excludes halogenated alkanes) is 10. The maximum Gasteiger partial charge on any atom is 0.330 e. The summed E-state index contributed by atoms with van der Waals surface area (Å²) in [6.45, 7) is 6.62. The first kappa shape index (κ1) is 32.4. The summed E-state index contributed by atoms with van der Waals surface area (Å²) < 4.78 is 0. The van der Waals surface area contributed by atoms with E-state index in [9.17, 15) is 24.6 Å². The minimum atomic E-state index is -1.71. The van der Waals surface area contributed by atoms with Crippen LogP contribution in [0.1, 0.15) is 117 Å². The highest BCUT2D eigenvalue weighted by atomic mass is 16.4. The van der Waals surface area contributed by atoms with Crippen molar-refractivity contribution in [1.29, 1.82) is 0 Å². The summed E-state index contributed by atoms with van der Waals surface area (Å²) in [5, 5.41) is 20.7. The molecular weight excluding hydrogens is 432 g/mol. The molecule has 2 atom stereocenters. The summed E-state index contributed by atoms with van der Waals surface area (Å²) in [6.07, 6.45) is 12.9. The first-order valence-corrected chi connectivity index (χ1v) is 13.5. The molecular formula is C27H52N2O5. The summed E-state index contributed by atoms with van der Waals surface area (Å²) in [4.78, 5) is 41.5. The summed E-state index contributed by atoms with van der Waals surface area (Å²) in [5.74, 6) is -3.77. The lowest BCUT2D eigenvalue weighted by Crippen LogP contribution is -2.63. The van der Waals surface area contributed by atoms with Crippen molar-refractivity contribution in [2.75, 3.05) is 27.2 Å². The van der Waals surface area contributed by atoms with Crippen molar-refractivity contribution in [3.05, 3.63) is 0 Å². The monoisotopic (exact) mass is 484 g/mol. The van der Waals surface area contributed by atoms with Gasteiger partial charge in [-0.3, -0.25) is 9.59 Å². The number of hydrogen-bond acceptors (Lipinski definition) is 4. The Morgan fingerprint density at radius 3 is 1.68 bits per heavy atom. The van der Waals surface area contributed by atoms with Crippen LogP contribution in [0.3, 0.4) is 0 Å². The second kappa shape index (κ2) is 18.7. The second-order valence-corrected chi connectivity index (χ2v) is 10.0. The fourth-order valence-electron chi connectivity index (χ4n) is 4.92. The number of rotatable bonds is 22. The van der Waals surface area contributed by atoms with Gasteiger partial charge in [0.15, 0.2) is 5.54 Å². The lowest BCUT2D eigenvalue weighted by molar-refractivity contribution is -0.172. The van der Waals surface area contributed by atoms with E-state index in [1.807, 2.05) is 19.0 Å². The SMILES string of the molecule is CCCCCCCCC(C(=O)O)[C@@](CCCCCCCC)(C(=O)O)N(CCCN(C)C)C(C)=O. The Morgan fingerprint density at radius 1 is 0.735 bits per heavy atom. The van der Waals surface area contributed by atoms with Crippen LogP contribution in [-0.2, 0) is 14.4 Å². The van der Waals surface area contributed by atoms with Gasteiger partial charge >= 0.3 is 11.9 Å². The predicted molar refractivity (Wildman–Crippen MR) is 138 cm³/mol. The molecule has 2 N–H and O–H groups in total. The number of aliphatic carboxylic acids is 2. The third-order valence-electron chi connectivity index (χ3n) is 6.85. The van der Waals surface area contributed by atoms with Crippen molar-refractivity contribution < 1.29 is 24.6 Å². The number of carbonyl (C=O) groups is 3. The van der Waals surface area contributed by atoms with E-state index < -0.39 is 23.4 Å². The van der Waals surface area contributed by atoms with E-state index in [2.05, 4.69) is 13.8 Å². The number of hydrogen-bond donors (Lipinski definition) is 2. The summed E-state index contributed by atoms with van der Waals surface area (Å²) in [6, 6.07) is 0. The standard InChI is InChI=1S/C27H52N2O5/c1-6-8-10-12-14-16-19-24(25(31)32)27(26(33)34,20-17-15-13-11-9-7-2)29(23(3)30)22-18-21-28(4)5/h24H,6-22H2,1-5H3,(H,31,32)(H,33,34)/t24?,27-/m0/s1. The van der Waals surface area contributed by atoms with Crippen LogP contribution in [0.2, 0.25) is 0 Å². The van der Waals surface area contributed by atoms with Gasteiger partial charge in [0.1, 0.15) is 0 Å². The van der Waals surface area contributed by atoms with Crippen LogP contribution in [0.5, 0.6) is 0 Å². The Hall–Kier alpha value is -1.63. The predicted octanol–water partition coefficient (Wildman–Crippen LogP) is 5.81. The molecule has 0 aromatic carbocycles. The highest BCUT2D eigenvalue weighted by Crippen LogP contribution is 2.36. The molecule has 200 valence electrons. The molecule has 1 unspecified atom stereocenters. The van der Waals surface area contributed by atoms with E-state index in [-0.39, 0.29) is 25.3 Å². The van der Waals surface area contributed by atoms with Crippen LogP contribution < -0.4 is 0 Å². The molecule has 0 bridgehead atoms. The maximum atomic E-state index is 12.9. The van der Waals surface area contributed by atoms with Gasteiger partial charge in [-0.2, -0.15) is 0 Å². The molecule has 7 nitrogen and oxygen atoms in total. The summed E-state index contributed by atoms with van der Waals surface area (Å²) in [7, 11) is 3.86. The lowest BCUT2D eigenvalue weighted by atomic mass is 9.75. The number of carbonyl (C=O) groups excluding carboxylic acids is 1. The number of amides is 1. The summed E-state index contributed by atoms with van der Waals surface area (Å²) in [5.41, 5.74) is -1.71. The molecule has 0 aromatic rings. The van der Waals surface area contributed by atoms with Crippen LogP contribution >= 0.6 is 0 Å². The minimum absolute atomic E-state index is 0.183. The van der Waals surface area contributed by atoms with Crippen LogP contribution in [0.4, 0.5) is 0 Å². The van der Waals surface area contributed by atoms with Crippen molar-refractivity contribution in [3.8, 4) is 0 Å². The van der Waals surface area contributed by atoms with Crippen LogP contribution in [0, 0.1) is 5.92 Å². The molecule has 0 aliphatic rings. The molecule has 0 radical (unpaired) electrons. The second-order valence-electron chi connectivity index (χ2n) is 10.0. The Kier molecular flexibility index (Phi) is 17.8. The van der Waals surface area contributed by atoms with Crippen molar-refractivity contribution in [3.63, 3.8) is 0 Å². The van der Waals surface area contributed by atoms with Crippen LogP contribution in [-0.4, -0.2) is 70.6 Å². The van der Waals surface area contributed by atoms with Gasteiger partial charge in [0.2, 0.25) is 5.91 Å². The quantitative estimate of drug-likeness (QED) is 0.188. The molecule has 0 saturated heterocycles. The van der Waals surface area contributed by atoms with Crippen molar-refractivity contribution in [2.45, 2.75) is 123 Å². The third-order valence-corrected chi connectivity index (χ3v) is 6.85. The highest BCUT2D eigenvalue weighted by molar-refractivity contribution is 5.91. The largest absolute Gasteiger partial charge is 0.481 e. The molecule has 7 heteroatoms. The first-order chi connectivity index (χ1) is 16.1. The van der Waals surface area contributed by atoms with Crippen LogP contribution in [0.25, 0.3) is 0 Å². The molecule has 1 amide bonds. The molecule has 0 heterocycles. The van der Waals surface area contributed by atoms with Gasteiger partial charge in [-0.1, -0.05) is 90.9 Å². The fourth-order valence-corrected chi connectivity index (χ4v) is 4.92. The van der Waals surface area contributed by atoms with Crippen molar-refractivity contribution in [2.24, 2.45) is 5.92 Å². The minimum Gasteiger partial charge on any atom is -0.481 e. The summed E-state index contributed by atoms with van der Waals surface area (Å²) >= 11 is 0. The Labute approximate surface area is 208 Å².